The first-order valence-electron chi connectivity index (χ1n) is 11.7. The number of benzene rings is 2. The van der Waals surface area contributed by atoms with E-state index in [1.807, 2.05) is 12.4 Å². The molecule has 1 heterocycles. The Labute approximate surface area is 205 Å². The summed E-state index contributed by atoms with van der Waals surface area (Å²) in [5.74, 6) is 11.8. The zero-order valence-corrected chi connectivity index (χ0v) is 21.7. The van der Waals surface area contributed by atoms with E-state index in [2.05, 4.69) is 119 Å². The molecule has 2 aromatic carbocycles. The third kappa shape index (κ3) is 6.38. The number of aliphatic hydroxyl groups is 1. The molecule has 1 N–H and O–H groups in total. The minimum absolute atomic E-state index is 0.0861. The molecular formula is C32H35NO. The van der Waals surface area contributed by atoms with Crippen molar-refractivity contribution in [3.8, 4) is 45.9 Å². The highest BCUT2D eigenvalue weighted by atomic mass is 16.3. The van der Waals surface area contributed by atoms with Gasteiger partial charge in [-0.05, 0) is 58.8 Å². The van der Waals surface area contributed by atoms with Gasteiger partial charge < -0.3 is 5.11 Å². The van der Waals surface area contributed by atoms with Crippen LogP contribution < -0.4 is 0 Å². The molecule has 3 rings (SSSR count). The van der Waals surface area contributed by atoms with Crippen molar-refractivity contribution in [3.63, 3.8) is 0 Å². The van der Waals surface area contributed by atoms with Crippen LogP contribution in [0.1, 0.15) is 72.1 Å². The number of nitrogens with zero attached hydrogens (tertiary/aromatic N) is 1. The van der Waals surface area contributed by atoms with Gasteiger partial charge in [0, 0.05) is 29.1 Å². The predicted octanol–water partition coefficient (Wildman–Crippen LogP) is 7.14. The molecule has 34 heavy (non-hydrogen) atoms. The lowest BCUT2D eigenvalue weighted by Gasteiger charge is -2.20. The smallest absolute Gasteiger partial charge is 0.120 e. The van der Waals surface area contributed by atoms with E-state index in [9.17, 15) is 5.11 Å². The van der Waals surface area contributed by atoms with Gasteiger partial charge in [0.1, 0.15) is 5.60 Å². The number of hydrogen-bond acceptors (Lipinski definition) is 2. The van der Waals surface area contributed by atoms with Crippen LogP contribution in [-0.2, 0) is 10.8 Å². The van der Waals surface area contributed by atoms with E-state index >= 15 is 0 Å². The van der Waals surface area contributed by atoms with E-state index in [0.717, 1.165) is 27.8 Å². The summed E-state index contributed by atoms with van der Waals surface area (Å²) in [6, 6.07) is 17.2. The Morgan fingerprint density at radius 1 is 0.618 bits per heavy atom. The highest BCUT2D eigenvalue weighted by Crippen LogP contribution is 2.33. The predicted molar refractivity (Wildman–Crippen MR) is 143 cm³/mol. The van der Waals surface area contributed by atoms with Crippen molar-refractivity contribution < 1.29 is 5.11 Å². The molecule has 0 aliphatic rings. The van der Waals surface area contributed by atoms with Crippen LogP contribution in [0.4, 0.5) is 0 Å². The first kappa shape index (κ1) is 25.3. The number of pyridine rings is 1. The van der Waals surface area contributed by atoms with E-state index in [1.165, 1.54) is 11.1 Å². The van der Waals surface area contributed by atoms with Crippen molar-refractivity contribution in [2.75, 3.05) is 0 Å². The second-order valence-electron chi connectivity index (χ2n) is 11.3. The van der Waals surface area contributed by atoms with E-state index in [4.69, 9.17) is 0 Å². The molecule has 0 aliphatic heterocycles. The van der Waals surface area contributed by atoms with Gasteiger partial charge in [-0.25, -0.2) is 0 Å². The Bertz CT molecular complexity index is 1190. The van der Waals surface area contributed by atoms with Gasteiger partial charge in [-0.1, -0.05) is 102 Å². The quantitative estimate of drug-likeness (QED) is 0.422. The van der Waals surface area contributed by atoms with Crippen LogP contribution in [0.5, 0.6) is 0 Å². The van der Waals surface area contributed by atoms with Crippen molar-refractivity contribution >= 4 is 0 Å². The maximum absolute atomic E-state index is 9.91. The summed E-state index contributed by atoms with van der Waals surface area (Å²) in [6.45, 7) is 16.6. The van der Waals surface area contributed by atoms with Crippen molar-refractivity contribution in [3.05, 3.63) is 77.6 Å². The molecule has 0 atom stereocenters. The second-order valence-corrected chi connectivity index (χ2v) is 11.3. The summed E-state index contributed by atoms with van der Waals surface area (Å²) in [5.41, 5.74) is 6.60. The molecule has 174 valence electrons. The fourth-order valence-electron chi connectivity index (χ4n) is 3.61. The molecule has 0 saturated carbocycles. The first-order chi connectivity index (χ1) is 15.8. The maximum atomic E-state index is 9.91. The number of aromatic nitrogens is 1. The van der Waals surface area contributed by atoms with Gasteiger partial charge in [-0.3, -0.25) is 4.98 Å². The van der Waals surface area contributed by atoms with Gasteiger partial charge in [0.25, 0.3) is 0 Å². The minimum Gasteiger partial charge on any atom is -0.378 e. The summed E-state index contributed by atoms with van der Waals surface area (Å²) >= 11 is 0. The Hall–Kier alpha value is -3.33. The molecule has 0 unspecified atom stereocenters. The second kappa shape index (κ2) is 9.50. The molecule has 0 aliphatic carbocycles. The topological polar surface area (TPSA) is 33.1 Å². The summed E-state index contributed by atoms with van der Waals surface area (Å²) in [6.07, 6.45) is 3.74. The Balaban J connectivity index is 2.16. The van der Waals surface area contributed by atoms with Crippen molar-refractivity contribution in [1.29, 1.82) is 0 Å². The van der Waals surface area contributed by atoms with E-state index in [1.54, 1.807) is 13.8 Å². The van der Waals surface area contributed by atoms with Crippen LogP contribution in [-0.4, -0.2) is 15.7 Å². The van der Waals surface area contributed by atoms with Crippen molar-refractivity contribution in [2.24, 2.45) is 0 Å². The minimum atomic E-state index is -1.08. The molecule has 3 aromatic rings. The standard InChI is InChI=1S/C32H35NO/c1-30(2,3)25-16-12-23(13-17-25)28-21-33-22-29(27(28)11-9-10-20-32(7,8)34)24-14-18-26(19-15-24)31(4,5)6/h12-19,21-22,34H,1-8H3. The van der Waals surface area contributed by atoms with Crippen LogP contribution >= 0.6 is 0 Å². The lowest BCUT2D eigenvalue weighted by atomic mass is 9.85. The van der Waals surface area contributed by atoms with Gasteiger partial charge in [-0.15, -0.1) is 0 Å². The molecule has 0 spiro atoms. The van der Waals surface area contributed by atoms with Crippen LogP contribution in [0.3, 0.4) is 0 Å². The van der Waals surface area contributed by atoms with Crippen LogP contribution in [0.25, 0.3) is 22.3 Å². The Morgan fingerprint density at radius 2 is 1.03 bits per heavy atom. The van der Waals surface area contributed by atoms with Gasteiger partial charge in [0.2, 0.25) is 0 Å². The summed E-state index contributed by atoms with van der Waals surface area (Å²) in [5, 5.41) is 9.91. The first-order valence-corrected chi connectivity index (χ1v) is 11.7. The molecule has 0 bridgehead atoms. The SMILES string of the molecule is CC(C)(O)C#CC#Cc1c(-c2ccc(C(C)(C)C)cc2)cncc1-c1ccc(C(C)(C)C)cc1. The average Bonchev–Trinajstić information content (AvgIpc) is 2.75. The number of hydrogen-bond donors (Lipinski definition) is 1. The largest absolute Gasteiger partial charge is 0.378 e. The highest BCUT2D eigenvalue weighted by Gasteiger charge is 2.17. The van der Waals surface area contributed by atoms with E-state index in [-0.39, 0.29) is 10.8 Å². The van der Waals surface area contributed by atoms with E-state index in [0.29, 0.717) is 0 Å². The van der Waals surface area contributed by atoms with Crippen LogP contribution in [0.2, 0.25) is 0 Å². The van der Waals surface area contributed by atoms with Gasteiger partial charge in [-0.2, -0.15) is 0 Å². The lowest BCUT2D eigenvalue weighted by Crippen LogP contribution is -2.14. The van der Waals surface area contributed by atoms with Gasteiger partial charge in [0.05, 0.1) is 0 Å². The fraction of sp³-hybridized carbons (Fsp3) is 0.344. The fourth-order valence-corrected chi connectivity index (χ4v) is 3.61. The molecular weight excluding hydrogens is 414 g/mol. The molecule has 0 fully saturated rings. The third-order valence-electron chi connectivity index (χ3n) is 5.69. The molecule has 2 heteroatoms. The number of rotatable bonds is 2. The highest BCUT2D eigenvalue weighted by molar-refractivity contribution is 5.82. The van der Waals surface area contributed by atoms with Crippen molar-refractivity contribution in [2.45, 2.75) is 71.8 Å². The monoisotopic (exact) mass is 449 g/mol. The molecule has 0 radical (unpaired) electrons. The molecule has 2 nitrogen and oxygen atoms in total. The molecule has 0 saturated heterocycles. The van der Waals surface area contributed by atoms with Gasteiger partial charge >= 0.3 is 0 Å². The third-order valence-corrected chi connectivity index (χ3v) is 5.69. The zero-order valence-electron chi connectivity index (χ0n) is 21.7. The zero-order chi connectivity index (χ0) is 25.1. The molecule has 1 aromatic heterocycles. The van der Waals surface area contributed by atoms with Crippen LogP contribution in [0.15, 0.2) is 60.9 Å². The Morgan fingerprint density at radius 3 is 1.38 bits per heavy atom. The van der Waals surface area contributed by atoms with Crippen molar-refractivity contribution in [1.82, 2.24) is 4.98 Å². The summed E-state index contributed by atoms with van der Waals surface area (Å²) in [4.78, 5) is 4.56. The summed E-state index contributed by atoms with van der Waals surface area (Å²) < 4.78 is 0. The molecule has 0 amide bonds. The maximum Gasteiger partial charge on any atom is 0.120 e. The van der Waals surface area contributed by atoms with Crippen LogP contribution in [0, 0.1) is 23.7 Å². The summed E-state index contributed by atoms with van der Waals surface area (Å²) in [7, 11) is 0. The average molecular weight is 450 g/mol. The van der Waals surface area contributed by atoms with Gasteiger partial charge in [0.15, 0.2) is 0 Å². The lowest BCUT2D eigenvalue weighted by molar-refractivity contribution is 0.143. The van der Waals surface area contributed by atoms with E-state index < -0.39 is 5.60 Å². The Kier molecular flexibility index (Phi) is 7.07. The normalized spacial score (nSPS) is 11.8.